The van der Waals surface area contributed by atoms with Gasteiger partial charge in [0.1, 0.15) is 15.5 Å². The number of nitrogens with one attached hydrogen (secondary N) is 3. The van der Waals surface area contributed by atoms with Crippen molar-refractivity contribution in [2.75, 3.05) is 18.4 Å². The number of fused-ring (bicyclic) bond motifs is 2. The number of aromatic nitrogens is 3. The fourth-order valence-electron chi connectivity index (χ4n) is 3.47. The molecule has 10 heteroatoms. The second kappa shape index (κ2) is 8.86. The third-order valence-corrected chi connectivity index (χ3v) is 7.74. The van der Waals surface area contributed by atoms with Gasteiger partial charge in [-0.3, -0.25) is 9.78 Å². The molecule has 1 amide bonds. The lowest BCUT2D eigenvalue weighted by Crippen LogP contribution is -2.22. The number of anilines is 1. The number of pyridine rings is 1. The fraction of sp³-hybridized carbons (Fsp3) is 0.300. The smallest absolute Gasteiger partial charge is 0.226 e. The number of carbonyl (C=O) groups is 1. The van der Waals surface area contributed by atoms with Crippen LogP contribution in [0.4, 0.5) is 5.00 Å². The Bertz CT molecular complexity index is 1130. The molecule has 5 rings (SSSR count). The second-order valence-corrected chi connectivity index (χ2v) is 9.81. The highest BCUT2D eigenvalue weighted by molar-refractivity contribution is 7.22. The number of amides is 1. The Morgan fingerprint density at radius 1 is 1.30 bits per heavy atom. The molecule has 0 saturated carbocycles. The summed E-state index contributed by atoms with van der Waals surface area (Å²) in [4.78, 5) is 27.2. The van der Waals surface area contributed by atoms with Crippen molar-refractivity contribution in [3.63, 3.8) is 0 Å². The standard InChI is InChI=1S/C20H20N6OS3/c27-17(3-6-21-7-12-10-28-11-24-12)26-20-18(13-1-4-23-9-16(13)30-20)19-25-14-8-22-5-2-15(14)29-19/h2,5,8,10-11,21,23H,1,3-4,6-7,9H2,(H,26,27). The van der Waals surface area contributed by atoms with Crippen molar-refractivity contribution >= 4 is 55.1 Å². The molecule has 3 N–H and O–H groups in total. The summed E-state index contributed by atoms with van der Waals surface area (Å²) in [5, 5.41) is 13.7. The van der Waals surface area contributed by atoms with Gasteiger partial charge >= 0.3 is 0 Å². The van der Waals surface area contributed by atoms with E-state index in [4.69, 9.17) is 4.98 Å². The van der Waals surface area contributed by atoms with E-state index in [-0.39, 0.29) is 5.91 Å². The molecule has 154 valence electrons. The molecule has 0 unspecified atom stereocenters. The lowest BCUT2D eigenvalue weighted by Gasteiger charge is -2.13. The van der Waals surface area contributed by atoms with Gasteiger partial charge in [0.05, 0.1) is 22.1 Å². The molecule has 0 bridgehead atoms. The maximum atomic E-state index is 12.6. The number of thiophene rings is 1. The Kier molecular flexibility index (Phi) is 5.82. The Morgan fingerprint density at radius 3 is 3.13 bits per heavy atom. The Hall–Kier alpha value is -2.24. The quantitative estimate of drug-likeness (QED) is 0.368. The predicted molar refractivity (Wildman–Crippen MR) is 123 cm³/mol. The van der Waals surface area contributed by atoms with Crippen molar-refractivity contribution in [3.05, 3.63) is 45.5 Å². The van der Waals surface area contributed by atoms with Gasteiger partial charge in [-0.15, -0.1) is 34.0 Å². The second-order valence-electron chi connectivity index (χ2n) is 6.95. The minimum absolute atomic E-state index is 0.0105. The van der Waals surface area contributed by atoms with Crippen molar-refractivity contribution in [2.45, 2.75) is 25.9 Å². The van der Waals surface area contributed by atoms with E-state index in [9.17, 15) is 4.79 Å². The van der Waals surface area contributed by atoms with Gasteiger partial charge in [0.2, 0.25) is 5.91 Å². The molecule has 0 saturated heterocycles. The van der Waals surface area contributed by atoms with Gasteiger partial charge in [-0.25, -0.2) is 9.97 Å². The van der Waals surface area contributed by atoms with Crippen molar-refractivity contribution < 1.29 is 4.79 Å². The largest absolute Gasteiger partial charge is 0.317 e. The molecule has 4 aromatic heterocycles. The highest BCUT2D eigenvalue weighted by atomic mass is 32.1. The first kappa shape index (κ1) is 19.7. The summed E-state index contributed by atoms with van der Waals surface area (Å²) >= 11 is 4.89. The highest BCUT2D eigenvalue weighted by Gasteiger charge is 2.25. The molecule has 0 atom stereocenters. The van der Waals surface area contributed by atoms with Gasteiger partial charge in [-0.05, 0) is 24.6 Å². The van der Waals surface area contributed by atoms with Gasteiger partial charge in [0.15, 0.2) is 0 Å². The number of nitrogens with zero attached hydrogens (tertiary/aromatic N) is 3. The summed E-state index contributed by atoms with van der Waals surface area (Å²) in [7, 11) is 0. The maximum Gasteiger partial charge on any atom is 0.226 e. The molecule has 0 aliphatic carbocycles. The van der Waals surface area contributed by atoms with Crippen LogP contribution >= 0.6 is 34.0 Å². The van der Waals surface area contributed by atoms with Gasteiger partial charge in [-0.2, -0.15) is 0 Å². The van der Waals surface area contributed by atoms with Gasteiger partial charge in [0, 0.05) is 48.1 Å². The zero-order chi connectivity index (χ0) is 20.3. The van der Waals surface area contributed by atoms with Crippen molar-refractivity contribution in [1.29, 1.82) is 0 Å². The van der Waals surface area contributed by atoms with Crippen LogP contribution in [0.5, 0.6) is 0 Å². The Morgan fingerprint density at radius 2 is 2.27 bits per heavy atom. The van der Waals surface area contributed by atoms with Crippen molar-refractivity contribution in [2.24, 2.45) is 0 Å². The van der Waals surface area contributed by atoms with Crippen molar-refractivity contribution in [1.82, 2.24) is 25.6 Å². The topological polar surface area (TPSA) is 91.8 Å². The van der Waals surface area contributed by atoms with E-state index in [0.717, 1.165) is 51.0 Å². The predicted octanol–water partition coefficient (Wildman–Crippen LogP) is 3.64. The number of carbonyl (C=O) groups excluding carboxylic acids is 1. The summed E-state index contributed by atoms with van der Waals surface area (Å²) in [5.41, 5.74) is 6.11. The number of hydrogen-bond donors (Lipinski definition) is 3. The zero-order valence-electron chi connectivity index (χ0n) is 16.1. The minimum atomic E-state index is 0.0105. The van der Waals surface area contributed by atoms with E-state index in [0.29, 0.717) is 19.5 Å². The highest BCUT2D eigenvalue weighted by Crippen LogP contribution is 2.44. The summed E-state index contributed by atoms with van der Waals surface area (Å²) in [5.74, 6) is 0.0105. The van der Waals surface area contributed by atoms with Crippen LogP contribution in [0.15, 0.2) is 29.4 Å². The van der Waals surface area contributed by atoms with Crippen LogP contribution in [-0.4, -0.2) is 33.9 Å². The normalized spacial score (nSPS) is 13.5. The molecule has 5 heterocycles. The van der Waals surface area contributed by atoms with Crippen LogP contribution < -0.4 is 16.0 Å². The molecule has 4 aromatic rings. The molecule has 1 aliphatic rings. The average molecular weight is 457 g/mol. The van der Waals surface area contributed by atoms with E-state index >= 15 is 0 Å². The van der Waals surface area contributed by atoms with Gasteiger partial charge in [-0.1, -0.05) is 0 Å². The molecule has 30 heavy (non-hydrogen) atoms. The first-order chi connectivity index (χ1) is 14.8. The number of rotatable bonds is 7. The molecule has 0 radical (unpaired) electrons. The summed E-state index contributed by atoms with van der Waals surface area (Å²) in [6.07, 6.45) is 4.94. The van der Waals surface area contributed by atoms with Crippen LogP contribution in [0.3, 0.4) is 0 Å². The van der Waals surface area contributed by atoms with Crippen LogP contribution in [0.25, 0.3) is 20.8 Å². The van der Waals surface area contributed by atoms with Crippen molar-refractivity contribution in [3.8, 4) is 10.6 Å². The molecule has 0 aromatic carbocycles. The first-order valence-electron chi connectivity index (χ1n) is 9.72. The lowest BCUT2D eigenvalue weighted by molar-refractivity contribution is -0.116. The third-order valence-electron chi connectivity index (χ3n) is 4.90. The molecule has 1 aliphatic heterocycles. The fourth-order valence-corrected chi connectivity index (χ4v) is 6.34. The summed E-state index contributed by atoms with van der Waals surface area (Å²) < 4.78 is 1.11. The van der Waals surface area contributed by atoms with Crippen LogP contribution in [-0.2, 0) is 24.3 Å². The third kappa shape index (κ3) is 4.14. The zero-order valence-corrected chi connectivity index (χ0v) is 18.6. The molecular formula is C20H20N6OS3. The SMILES string of the molecule is O=C(CCNCc1cscn1)Nc1sc2c(c1-c1nc3cnccc3s1)CCNC2. The summed E-state index contributed by atoms with van der Waals surface area (Å²) in [6, 6.07) is 1.99. The monoisotopic (exact) mass is 456 g/mol. The van der Waals surface area contributed by atoms with Gasteiger partial charge in [0.25, 0.3) is 0 Å². The molecule has 0 spiro atoms. The van der Waals surface area contributed by atoms with E-state index in [1.165, 1.54) is 10.4 Å². The van der Waals surface area contributed by atoms with Crippen LogP contribution in [0.1, 0.15) is 22.6 Å². The minimum Gasteiger partial charge on any atom is -0.317 e. The molecule has 0 fully saturated rings. The maximum absolute atomic E-state index is 12.6. The Labute approximate surface area is 185 Å². The van der Waals surface area contributed by atoms with E-state index in [1.54, 1.807) is 46.4 Å². The summed E-state index contributed by atoms with van der Waals surface area (Å²) in [6.45, 7) is 3.07. The van der Waals surface area contributed by atoms with Crippen LogP contribution in [0.2, 0.25) is 0 Å². The molecular weight excluding hydrogens is 436 g/mol. The van der Waals surface area contributed by atoms with Gasteiger partial charge < -0.3 is 16.0 Å². The molecule has 7 nitrogen and oxygen atoms in total. The van der Waals surface area contributed by atoms with E-state index in [2.05, 4.69) is 25.9 Å². The number of thiazole rings is 2. The lowest BCUT2D eigenvalue weighted by atomic mass is 10.0. The first-order valence-corrected chi connectivity index (χ1v) is 12.3. The average Bonchev–Trinajstić information content (AvgIpc) is 3.48. The van der Waals surface area contributed by atoms with E-state index in [1.807, 2.05) is 17.0 Å². The Balaban J connectivity index is 1.34. The van der Waals surface area contributed by atoms with Crippen LogP contribution in [0, 0.1) is 0 Å². The van der Waals surface area contributed by atoms with E-state index < -0.39 is 0 Å². The number of hydrogen-bond acceptors (Lipinski definition) is 9.